The van der Waals surface area contributed by atoms with Crippen LogP contribution in [0.3, 0.4) is 0 Å². The Kier molecular flexibility index (Phi) is 6.86. The van der Waals surface area contributed by atoms with Gasteiger partial charge in [-0.05, 0) is 29.2 Å². The number of carbonyl (C=O) groups is 4. The summed E-state index contributed by atoms with van der Waals surface area (Å²) < 4.78 is 5.38. The van der Waals surface area contributed by atoms with Crippen molar-refractivity contribution in [3.63, 3.8) is 0 Å². The first kappa shape index (κ1) is 21.8. The lowest BCUT2D eigenvalue weighted by Crippen LogP contribution is -2.48. The van der Waals surface area contributed by atoms with E-state index in [9.17, 15) is 19.2 Å². The molecule has 0 saturated heterocycles. The summed E-state index contributed by atoms with van der Waals surface area (Å²) in [5.74, 6) is -2.53. The van der Waals surface area contributed by atoms with Crippen LogP contribution in [0.4, 0.5) is 4.79 Å². The maximum Gasteiger partial charge on any atom is 0.407 e. The third-order valence-electron chi connectivity index (χ3n) is 4.93. The van der Waals surface area contributed by atoms with Crippen molar-refractivity contribution >= 4 is 23.9 Å². The zero-order valence-electron chi connectivity index (χ0n) is 16.9. The number of carboxylic acids is 1. The summed E-state index contributed by atoms with van der Waals surface area (Å²) in [6, 6.07) is 15.0. The highest BCUT2D eigenvalue weighted by molar-refractivity contribution is 5.90. The molecule has 1 aliphatic carbocycles. The number of ether oxygens (including phenoxy) is 1. The predicted molar refractivity (Wildman–Crippen MR) is 111 cm³/mol. The van der Waals surface area contributed by atoms with E-state index in [0.717, 1.165) is 22.3 Å². The van der Waals surface area contributed by atoms with Crippen molar-refractivity contribution in [2.24, 2.45) is 0 Å². The highest BCUT2D eigenvalue weighted by Crippen LogP contribution is 2.44. The molecule has 9 heteroatoms. The molecule has 3 rings (SSSR count). The average Bonchev–Trinajstić information content (AvgIpc) is 3.08. The molecule has 2 aromatic carbocycles. The van der Waals surface area contributed by atoms with E-state index in [4.69, 9.17) is 9.84 Å². The lowest BCUT2D eigenvalue weighted by atomic mass is 9.98. The Balaban J connectivity index is 1.49. The number of hydrogen-bond donors (Lipinski definition) is 4. The number of carbonyl (C=O) groups excluding carboxylic acids is 3. The number of aliphatic carboxylic acids is 1. The zero-order chi connectivity index (χ0) is 22.4. The molecule has 0 spiro atoms. The van der Waals surface area contributed by atoms with Crippen molar-refractivity contribution < 1.29 is 29.0 Å². The van der Waals surface area contributed by atoms with Crippen molar-refractivity contribution in [3.05, 3.63) is 59.7 Å². The fraction of sp³-hybridized carbons (Fsp3) is 0.273. The van der Waals surface area contributed by atoms with E-state index in [1.165, 1.54) is 6.92 Å². The van der Waals surface area contributed by atoms with E-state index in [1.54, 1.807) is 0 Å². The van der Waals surface area contributed by atoms with Gasteiger partial charge in [-0.2, -0.15) is 0 Å². The molecule has 0 saturated carbocycles. The van der Waals surface area contributed by atoms with E-state index < -0.39 is 43.0 Å². The monoisotopic (exact) mass is 425 g/mol. The number of carboxylic acid groups (broad SMARTS) is 1. The normalized spacial score (nSPS) is 12.8. The van der Waals surface area contributed by atoms with Gasteiger partial charge < -0.3 is 25.8 Å². The number of hydrogen-bond acceptors (Lipinski definition) is 5. The smallest absolute Gasteiger partial charge is 0.407 e. The Labute approximate surface area is 178 Å². The molecule has 162 valence electrons. The molecule has 31 heavy (non-hydrogen) atoms. The molecule has 0 radical (unpaired) electrons. The van der Waals surface area contributed by atoms with Gasteiger partial charge in [-0.15, -0.1) is 0 Å². The van der Waals surface area contributed by atoms with Crippen LogP contribution in [0.25, 0.3) is 11.1 Å². The zero-order valence-corrected chi connectivity index (χ0v) is 16.9. The van der Waals surface area contributed by atoms with E-state index >= 15 is 0 Å². The second-order valence-corrected chi connectivity index (χ2v) is 7.08. The predicted octanol–water partition coefficient (Wildman–Crippen LogP) is 1.23. The molecule has 1 atom stereocenters. The second-order valence-electron chi connectivity index (χ2n) is 7.08. The standard InChI is InChI=1S/C22H23N3O6/c1-13(21(29)24-10-19(26)23-11-20(27)28)25-22(30)31-12-18-16-8-4-2-6-14(16)15-7-3-5-9-17(15)18/h2-9,13,18H,10-12H2,1H3,(H,23,26)(H,24,29)(H,25,30)(H,27,28). The SMILES string of the molecule is CC(NC(=O)OCC1c2ccccc2-c2ccccc21)C(=O)NCC(=O)NCC(=O)O. The quantitative estimate of drug-likeness (QED) is 0.503. The number of fused-ring (bicyclic) bond motifs is 3. The van der Waals surface area contributed by atoms with E-state index in [1.807, 2.05) is 48.5 Å². The Hall–Kier alpha value is -3.88. The first-order chi connectivity index (χ1) is 14.9. The van der Waals surface area contributed by atoms with Gasteiger partial charge in [0.1, 0.15) is 19.2 Å². The molecule has 0 heterocycles. The maximum atomic E-state index is 12.2. The van der Waals surface area contributed by atoms with Gasteiger partial charge in [0.25, 0.3) is 0 Å². The Bertz CT molecular complexity index is 961. The van der Waals surface area contributed by atoms with Gasteiger partial charge in [-0.25, -0.2) is 4.79 Å². The van der Waals surface area contributed by atoms with E-state index in [2.05, 4.69) is 16.0 Å². The fourth-order valence-electron chi connectivity index (χ4n) is 3.44. The van der Waals surface area contributed by atoms with Gasteiger partial charge >= 0.3 is 12.1 Å². The lowest BCUT2D eigenvalue weighted by molar-refractivity contribution is -0.137. The molecule has 2 aromatic rings. The molecular formula is C22H23N3O6. The molecular weight excluding hydrogens is 402 g/mol. The van der Waals surface area contributed by atoms with Crippen molar-refractivity contribution in [3.8, 4) is 11.1 Å². The maximum absolute atomic E-state index is 12.2. The van der Waals surface area contributed by atoms with Crippen molar-refractivity contribution in [2.75, 3.05) is 19.7 Å². The molecule has 3 amide bonds. The lowest BCUT2D eigenvalue weighted by Gasteiger charge is -2.17. The highest BCUT2D eigenvalue weighted by atomic mass is 16.5. The van der Waals surface area contributed by atoms with Crippen LogP contribution in [-0.2, 0) is 19.1 Å². The number of nitrogens with one attached hydrogen (secondary N) is 3. The van der Waals surface area contributed by atoms with Gasteiger partial charge in [-0.3, -0.25) is 14.4 Å². The summed E-state index contributed by atoms with van der Waals surface area (Å²) in [6.45, 7) is 0.628. The number of benzene rings is 2. The molecule has 4 N–H and O–H groups in total. The van der Waals surface area contributed by atoms with Gasteiger partial charge in [0, 0.05) is 5.92 Å². The highest BCUT2D eigenvalue weighted by Gasteiger charge is 2.29. The average molecular weight is 425 g/mol. The Morgan fingerprint density at radius 1 is 0.935 bits per heavy atom. The third kappa shape index (κ3) is 5.39. The van der Waals surface area contributed by atoms with Crippen LogP contribution < -0.4 is 16.0 Å². The summed E-state index contributed by atoms with van der Waals surface area (Å²) in [4.78, 5) is 46.1. The number of rotatable bonds is 8. The minimum absolute atomic E-state index is 0.0970. The first-order valence-corrected chi connectivity index (χ1v) is 9.74. The minimum Gasteiger partial charge on any atom is -0.480 e. The third-order valence-corrected chi connectivity index (χ3v) is 4.93. The summed E-state index contributed by atoms with van der Waals surface area (Å²) >= 11 is 0. The number of alkyl carbamates (subject to hydrolysis) is 1. The van der Waals surface area contributed by atoms with Crippen LogP contribution in [0, 0.1) is 0 Å². The Morgan fingerprint density at radius 2 is 1.52 bits per heavy atom. The summed E-state index contributed by atoms with van der Waals surface area (Å²) in [6.07, 6.45) is -0.750. The van der Waals surface area contributed by atoms with Crippen molar-refractivity contribution in [1.82, 2.24) is 16.0 Å². The first-order valence-electron chi connectivity index (χ1n) is 9.74. The van der Waals surface area contributed by atoms with Gasteiger partial charge in [-0.1, -0.05) is 48.5 Å². The number of amides is 3. The van der Waals surface area contributed by atoms with E-state index in [0.29, 0.717) is 0 Å². The minimum atomic E-state index is -1.19. The van der Waals surface area contributed by atoms with Crippen LogP contribution in [0.1, 0.15) is 24.0 Å². The molecule has 9 nitrogen and oxygen atoms in total. The summed E-state index contributed by atoms with van der Waals surface area (Å²) in [5, 5.41) is 15.4. The molecule has 1 aliphatic rings. The fourth-order valence-corrected chi connectivity index (χ4v) is 3.44. The molecule has 0 aromatic heterocycles. The molecule has 1 unspecified atom stereocenters. The van der Waals surface area contributed by atoms with Crippen molar-refractivity contribution in [1.29, 1.82) is 0 Å². The van der Waals surface area contributed by atoms with Gasteiger partial charge in [0.2, 0.25) is 11.8 Å². The largest absolute Gasteiger partial charge is 0.480 e. The van der Waals surface area contributed by atoms with Gasteiger partial charge in [0.15, 0.2) is 0 Å². The molecule has 0 aliphatic heterocycles. The topological polar surface area (TPSA) is 134 Å². The van der Waals surface area contributed by atoms with E-state index in [-0.39, 0.29) is 12.5 Å². The molecule has 0 fully saturated rings. The Morgan fingerprint density at radius 3 is 2.10 bits per heavy atom. The summed E-state index contributed by atoms with van der Waals surface area (Å²) in [7, 11) is 0. The molecule has 0 bridgehead atoms. The van der Waals surface area contributed by atoms with Crippen LogP contribution >= 0.6 is 0 Å². The summed E-state index contributed by atoms with van der Waals surface area (Å²) in [5.41, 5.74) is 4.38. The van der Waals surface area contributed by atoms with Crippen LogP contribution in [0.15, 0.2) is 48.5 Å². The van der Waals surface area contributed by atoms with Crippen LogP contribution in [-0.4, -0.2) is 54.7 Å². The second kappa shape index (κ2) is 9.75. The van der Waals surface area contributed by atoms with Crippen molar-refractivity contribution in [2.45, 2.75) is 18.9 Å². The van der Waals surface area contributed by atoms with Crippen LogP contribution in [0.5, 0.6) is 0 Å². The van der Waals surface area contributed by atoms with Crippen LogP contribution in [0.2, 0.25) is 0 Å². The van der Waals surface area contributed by atoms with Gasteiger partial charge in [0.05, 0.1) is 6.54 Å².